The minimum Gasteiger partial charge on any atom is -0.369 e. The van der Waals surface area contributed by atoms with Gasteiger partial charge < -0.3 is 10.5 Å². The first kappa shape index (κ1) is 19.5. The molecule has 1 atom stereocenters. The number of nitrogens with two attached hydrogens (primary N) is 1. The number of nitrogens with zero attached hydrogens (tertiary/aromatic N) is 2. The van der Waals surface area contributed by atoms with Crippen LogP contribution in [0.15, 0.2) is 23.2 Å². The summed E-state index contributed by atoms with van der Waals surface area (Å²) in [5.74, 6) is 7.06. The maximum absolute atomic E-state index is 13.6. The number of aliphatic imine (C=N–C) groups is 1. The largest absolute Gasteiger partial charge is 0.369 e. The monoisotopic (exact) mass is 413 g/mol. The zero-order valence-corrected chi connectivity index (χ0v) is 17.0. The van der Waals surface area contributed by atoms with Gasteiger partial charge in [0.25, 0.3) is 5.91 Å². The Morgan fingerprint density at radius 1 is 1.27 bits per heavy atom. The first-order chi connectivity index (χ1) is 14.3. The maximum Gasteiger partial charge on any atom is 0.345 e. The van der Waals surface area contributed by atoms with E-state index < -0.39 is 23.7 Å². The van der Waals surface area contributed by atoms with Gasteiger partial charge in [0.15, 0.2) is 11.5 Å². The Morgan fingerprint density at radius 2 is 2.00 bits per heavy atom. The van der Waals surface area contributed by atoms with Crippen LogP contribution in [0.1, 0.15) is 55.2 Å². The van der Waals surface area contributed by atoms with Crippen LogP contribution < -0.4 is 5.73 Å². The van der Waals surface area contributed by atoms with Crippen molar-refractivity contribution < 1.29 is 18.3 Å². The summed E-state index contributed by atoms with van der Waals surface area (Å²) >= 11 is 0. The van der Waals surface area contributed by atoms with E-state index in [9.17, 15) is 13.6 Å². The normalized spacial score (nSPS) is 32.5. The van der Waals surface area contributed by atoms with E-state index >= 15 is 0 Å². The number of benzene rings is 1. The number of rotatable bonds is 2. The van der Waals surface area contributed by atoms with Crippen molar-refractivity contribution >= 4 is 11.9 Å². The SMILES string of the molecule is CN1C(=O)C2(N=C1N)c1cc(C#CC3CC3)ccc1CC21CCC(OC(F)F)CC1. The van der Waals surface area contributed by atoms with E-state index in [-0.39, 0.29) is 11.9 Å². The Labute approximate surface area is 174 Å². The number of ether oxygens (including phenoxy) is 1. The average Bonchev–Trinajstić information content (AvgIpc) is 3.47. The number of fused-ring (bicyclic) bond motifs is 3. The lowest BCUT2D eigenvalue weighted by molar-refractivity contribution is -0.178. The number of halogens is 2. The smallest absolute Gasteiger partial charge is 0.345 e. The Balaban J connectivity index is 1.56. The van der Waals surface area contributed by atoms with Gasteiger partial charge in [0.1, 0.15) is 0 Å². The molecule has 1 aromatic carbocycles. The number of amides is 1. The van der Waals surface area contributed by atoms with Crippen molar-refractivity contribution in [2.24, 2.45) is 22.1 Å². The van der Waals surface area contributed by atoms with Crippen LogP contribution in [0.5, 0.6) is 0 Å². The van der Waals surface area contributed by atoms with Crippen LogP contribution in [0.25, 0.3) is 0 Å². The lowest BCUT2D eigenvalue weighted by Gasteiger charge is -2.45. The molecule has 1 amide bonds. The van der Waals surface area contributed by atoms with Gasteiger partial charge in [-0.2, -0.15) is 8.78 Å². The Bertz CT molecular complexity index is 984. The fourth-order valence-corrected chi connectivity index (χ4v) is 5.46. The quantitative estimate of drug-likeness (QED) is 0.758. The molecule has 2 saturated carbocycles. The molecule has 158 valence electrons. The van der Waals surface area contributed by atoms with E-state index in [2.05, 4.69) is 11.8 Å². The molecule has 1 heterocycles. The highest BCUT2D eigenvalue weighted by molar-refractivity contribution is 6.08. The summed E-state index contributed by atoms with van der Waals surface area (Å²) in [4.78, 5) is 19.8. The molecular formula is C23H25F2N3O2. The molecule has 7 heteroatoms. The van der Waals surface area contributed by atoms with E-state index in [4.69, 9.17) is 15.5 Å². The predicted molar refractivity (Wildman–Crippen MR) is 108 cm³/mol. The molecule has 2 spiro atoms. The van der Waals surface area contributed by atoms with Crippen LogP contribution in [0.4, 0.5) is 8.78 Å². The number of guanidine groups is 1. The third-order valence-corrected chi connectivity index (χ3v) is 7.22. The number of carbonyl (C=O) groups excluding carboxylic acids is 1. The third kappa shape index (κ3) is 2.84. The van der Waals surface area contributed by atoms with Gasteiger partial charge in [0, 0.05) is 23.9 Å². The minimum atomic E-state index is -2.78. The van der Waals surface area contributed by atoms with Gasteiger partial charge in [-0.3, -0.25) is 9.69 Å². The highest BCUT2D eigenvalue weighted by atomic mass is 19.3. The van der Waals surface area contributed by atoms with Gasteiger partial charge in [-0.25, -0.2) is 4.99 Å². The van der Waals surface area contributed by atoms with Gasteiger partial charge >= 0.3 is 6.61 Å². The molecule has 4 aliphatic rings. The third-order valence-electron chi connectivity index (χ3n) is 7.22. The molecule has 1 unspecified atom stereocenters. The fraction of sp³-hybridized carbons (Fsp3) is 0.565. The Kier molecular flexibility index (Phi) is 4.41. The van der Waals surface area contributed by atoms with E-state index in [0.717, 1.165) is 29.5 Å². The lowest BCUT2D eigenvalue weighted by Crippen LogP contribution is -2.51. The first-order valence-corrected chi connectivity index (χ1v) is 10.6. The number of likely N-dealkylation sites (N-methyl/N-ethyl adjacent to an activating group) is 1. The summed E-state index contributed by atoms with van der Waals surface area (Å²) in [6.07, 6.45) is 4.59. The van der Waals surface area contributed by atoms with Crippen molar-refractivity contribution in [1.29, 1.82) is 0 Å². The molecule has 3 aliphatic carbocycles. The van der Waals surface area contributed by atoms with Gasteiger partial charge in [-0.05, 0) is 68.2 Å². The molecule has 0 radical (unpaired) electrons. The summed E-state index contributed by atoms with van der Waals surface area (Å²) in [6, 6.07) is 6.04. The number of hydrogen-bond acceptors (Lipinski definition) is 4. The van der Waals surface area contributed by atoms with E-state index in [1.807, 2.05) is 18.2 Å². The van der Waals surface area contributed by atoms with Gasteiger partial charge in [0.2, 0.25) is 0 Å². The van der Waals surface area contributed by atoms with Gasteiger partial charge in [-0.15, -0.1) is 0 Å². The second kappa shape index (κ2) is 6.78. The van der Waals surface area contributed by atoms with Crippen LogP contribution in [0.2, 0.25) is 0 Å². The molecule has 2 N–H and O–H groups in total. The Morgan fingerprint density at radius 3 is 2.60 bits per heavy atom. The van der Waals surface area contributed by atoms with Crippen molar-refractivity contribution in [3.63, 3.8) is 0 Å². The molecule has 1 aliphatic heterocycles. The fourth-order valence-electron chi connectivity index (χ4n) is 5.46. The first-order valence-electron chi connectivity index (χ1n) is 10.6. The minimum absolute atomic E-state index is 0.140. The molecule has 0 aromatic heterocycles. The molecule has 2 fully saturated rings. The number of carbonyl (C=O) groups is 1. The van der Waals surface area contributed by atoms with Crippen molar-refractivity contribution in [3.8, 4) is 11.8 Å². The number of alkyl halides is 2. The van der Waals surface area contributed by atoms with E-state index in [1.54, 1.807) is 7.05 Å². The van der Waals surface area contributed by atoms with Crippen LogP contribution in [0.3, 0.4) is 0 Å². The van der Waals surface area contributed by atoms with Crippen LogP contribution in [0, 0.1) is 23.2 Å². The maximum atomic E-state index is 13.6. The molecule has 1 aromatic rings. The molecule has 0 saturated heterocycles. The topological polar surface area (TPSA) is 67.9 Å². The van der Waals surface area contributed by atoms with Gasteiger partial charge in [0.05, 0.1) is 6.10 Å². The zero-order valence-electron chi connectivity index (χ0n) is 17.0. The molecule has 30 heavy (non-hydrogen) atoms. The van der Waals surface area contributed by atoms with Crippen molar-refractivity contribution in [1.82, 2.24) is 4.90 Å². The van der Waals surface area contributed by atoms with E-state index in [1.165, 1.54) is 4.90 Å². The summed E-state index contributed by atoms with van der Waals surface area (Å²) in [7, 11) is 1.64. The zero-order chi connectivity index (χ0) is 21.1. The van der Waals surface area contributed by atoms with E-state index in [0.29, 0.717) is 38.0 Å². The second-order valence-electron chi connectivity index (χ2n) is 9.01. The molecule has 0 bridgehead atoms. The summed E-state index contributed by atoms with van der Waals surface area (Å²) < 4.78 is 30.2. The number of hydrogen-bond donors (Lipinski definition) is 1. The molecule has 5 rings (SSSR count). The predicted octanol–water partition coefficient (Wildman–Crippen LogP) is 3.15. The highest BCUT2D eigenvalue weighted by Gasteiger charge is 2.66. The standard InChI is InChI=1S/C23H25F2N3O2/c1-28-19(29)23(27-21(28)26)18-12-15(5-4-14-2-3-14)6-7-16(18)13-22(23)10-8-17(9-11-22)30-20(24)25/h6-7,12,14,17,20H,2-3,8-11,13H2,1H3,(H2,26,27). The lowest BCUT2D eigenvalue weighted by atomic mass is 9.61. The average molecular weight is 413 g/mol. The highest BCUT2D eigenvalue weighted by Crippen LogP contribution is 2.61. The van der Waals surface area contributed by atoms with Crippen LogP contribution in [-0.4, -0.2) is 36.5 Å². The molecule has 5 nitrogen and oxygen atoms in total. The van der Waals surface area contributed by atoms with Crippen LogP contribution >= 0.6 is 0 Å². The second-order valence-corrected chi connectivity index (χ2v) is 9.01. The Hall–Kier alpha value is -2.46. The van der Waals surface area contributed by atoms with Gasteiger partial charge in [-0.1, -0.05) is 17.9 Å². The van der Waals surface area contributed by atoms with Crippen LogP contribution in [-0.2, 0) is 21.5 Å². The summed E-state index contributed by atoms with van der Waals surface area (Å²) in [5, 5.41) is 0. The summed E-state index contributed by atoms with van der Waals surface area (Å²) in [5.41, 5.74) is 7.35. The van der Waals surface area contributed by atoms with Crippen molar-refractivity contribution in [3.05, 3.63) is 34.9 Å². The summed E-state index contributed by atoms with van der Waals surface area (Å²) in [6.45, 7) is -2.78. The van der Waals surface area contributed by atoms with Crippen molar-refractivity contribution in [2.45, 2.75) is 63.2 Å². The molecular weight excluding hydrogens is 388 g/mol. The van der Waals surface area contributed by atoms with Crippen molar-refractivity contribution in [2.75, 3.05) is 7.05 Å².